The standard InChI is InChI=1S/C21H22N2O2/c1-12-8-13(2)19(18(24)9-12)17-7-5-14-4-6-16(22-20(14)23-17)15-10-21(3,25)11-15/h4-9,15,24-25H,10-11H2,1-3H3. The van der Waals surface area contributed by atoms with Crippen molar-refractivity contribution >= 4 is 11.0 Å². The van der Waals surface area contributed by atoms with E-state index in [1.54, 1.807) is 6.07 Å². The number of aryl methyl sites for hydroxylation is 2. The van der Waals surface area contributed by atoms with E-state index in [0.29, 0.717) is 11.6 Å². The van der Waals surface area contributed by atoms with Crippen LogP contribution in [0.2, 0.25) is 0 Å². The summed E-state index contributed by atoms with van der Waals surface area (Å²) < 4.78 is 0. The molecule has 1 fully saturated rings. The van der Waals surface area contributed by atoms with E-state index < -0.39 is 5.60 Å². The average Bonchev–Trinajstić information content (AvgIpc) is 2.51. The van der Waals surface area contributed by atoms with E-state index in [1.165, 1.54) is 0 Å². The average molecular weight is 334 g/mol. The molecule has 2 heterocycles. The van der Waals surface area contributed by atoms with Crippen LogP contribution in [0.25, 0.3) is 22.3 Å². The summed E-state index contributed by atoms with van der Waals surface area (Å²) in [7, 11) is 0. The van der Waals surface area contributed by atoms with Crippen LogP contribution in [-0.4, -0.2) is 25.8 Å². The highest BCUT2D eigenvalue weighted by atomic mass is 16.3. The third-order valence-electron chi connectivity index (χ3n) is 5.08. The molecule has 1 saturated carbocycles. The summed E-state index contributed by atoms with van der Waals surface area (Å²) in [4.78, 5) is 9.42. The minimum atomic E-state index is -0.568. The van der Waals surface area contributed by atoms with Crippen molar-refractivity contribution in [3.63, 3.8) is 0 Å². The number of benzene rings is 1. The molecule has 4 heteroatoms. The zero-order valence-corrected chi connectivity index (χ0v) is 14.7. The van der Waals surface area contributed by atoms with Crippen molar-refractivity contribution in [2.75, 3.05) is 0 Å². The number of hydrogen-bond acceptors (Lipinski definition) is 4. The van der Waals surface area contributed by atoms with E-state index in [-0.39, 0.29) is 5.75 Å². The summed E-state index contributed by atoms with van der Waals surface area (Å²) in [6.45, 7) is 5.81. The smallest absolute Gasteiger partial charge is 0.160 e. The number of rotatable bonds is 2. The van der Waals surface area contributed by atoms with Gasteiger partial charge in [0.15, 0.2) is 5.65 Å². The molecular weight excluding hydrogens is 312 g/mol. The number of aromatic hydroxyl groups is 1. The first kappa shape index (κ1) is 16.0. The zero-order chi connectivity index (χ0) is 17.8. The van der Waals surface area contributed by atoms with Gasteiger partial charge in [-0.05, 0) is 75.1 Å². The highest BCUT2D eigenvalue weighted by Gasteiger charge is 2.39. The highest BCUT2D eigenvalue weighted by Crippen LogP contribution is 2.44. The summed E-state index contributed by atoms with van der Waals surface area (Å²) in [6, 6.07) is 11.8. The second-order valence-electron chi connectivity index (χ2n) is 7.56. The normalized spacial score (nSPS) is 22.8. The Kier molecular flexibility index (Phi) is 3.55. The van der Waals surface area contributed by atoms with Crippen molar-refractivity contribution in [3.8, 4) is 17.0 Å². The molecule has 1 aromatic carbocycles. The molecule has 0 unspecified atom stereocenters. The minimum absolute atomic E-state index is 0.246. The fraction of sp³-hybridized carbons (Fsp3) is 0.333. The van der Waals surface area contributed by atoms with Gasteiger partial charge >= 0.3 is 0 Å². The maximum Gasteiger partial charge on any atom is 0.160 e. The quantitative estimate of drug-likeness (QED) is 0.735. The number of phenolic OH excluding ortho intramolecular Hbond substituents is 1. The minimum Gasteiger partial charge on any atom is -0.507 e. The van der Waals surface area contributed by atoms with E-state index in [0.717, 1.165) is 46.3 Å². The van der Waals surface area contributed by atoms with Gasteiger partial charge < -0.3 is 10.2 Å². The Morgan fingerprint density at radius 2 is 1.76 bits per heavy atom. The Bertz CT molecular complexity index is 948. The van der Waals surface area contributed by atoms with Gasteiger partial charge in [-0.3, -0.25) is 0 Å². The number of pyridine rings is 2. The molecule has 25 heavy (non-hydrogen) atoms. The number of aliphatic hydroxyl groups is 1. The maximum absolute atomic E-state index is 10.4. The van der Waals surface area contributed by atoms with Crippen molar-refractivity contribution in [2.45, 2.75) is 45.1 Å². The Balaban J connectivity index is 1.77. The number of hydrogen-bond donors (Lipinski definition) is 2. The van der Waals surface area contributed by atoms with E-state index in [1.807, 2.05) is 51.1 Å². The third-order valence-corrected chi connectivity index (χ3v) is 5.08. The van der Waals surface area contributed by atoms with Gasteiger partial charge in [-0.2, -0.15) is 0 Å². The lowest BCUT2D eigenvalue weighted by Gasteiger charge is -2.40. The lowest BCUT2D eigenvalue weighted by atomic mass is 9.70. The van der Waals surface area contributed by atoms with Crippen molar-refractivity contribution < 1.29 is 10.2 Å². The molecule has 4 rings (SSSR count). The first-order chi connectivity index (χ1) is 11.8. The Morgan fingerprint density at radius 1 is 1.04 bits per heavy atom. The molecule has 1 aliphatic carbocycles. The van der Waals surface area contributed by atoms with Crippen molar-refractivity contribution in [2.24, 2.45) is 0 Å². The van der Waals surface area contributed by atoms with Crippen molar-refractivity contribution in [3.05, 3.63) is 53.2 Å². The highest BCUT2D eigenvalue weighted by molar-refractivity contribution is 5.81. The molecular formula is C21H22N2O2. The Labute approximate surface area is 147 Å². The van der Waals surface area contributed by atoms with E-state index in [2.05, 4.69) is 0 Å². The number of nitrogens with zero attached hydrogens (tertiary/aromatic N) is 2. The largest absolute Gasteiger partial charge is 0.507 e. The maximum atomic E-state index is 10.4. The summed E-state index contributed by atoms with van der Waals surface area (Å²) >= 11 is 0. The van der Waals surface area contributed by atoms with Crippen molar-refractivity contribution in [1.29, 1.82) is 0 Å². The molecule has 0 aliphatic heterocycles. The van der Waals surface area contributed by atoms with Crippen LogP contribution in [0.15, 0.2) is 36.4 Å². The SMILES string of the molecule is Cc1cc(C)c(-c2ccc3ccc(C4CC(C)(O)C4)nc3n2)c(O)c1. The molecule has 1 aliphatic rings. The molecule has 0 bridgehead atoms. The van der Waals surface area contributed by atoms with Gasteiger partial charge in [0.25, 0.3) is 0 Å². The summed E-state index contributed by atoms with van der Waals surface area (Å²) in [5, 5.41) is 21.3. The van der Waals surface area contributed by atoms with Crippen LogP contribution in [0.3, 0.4) is 0 Å². The van der Waals surface area contributed by atoms with Gasteiger partial charge in [-0.25, -0.2) is 9.97 Å². The number of fused-ring (bicyclic) bond motifs is 1. The molecule has 128 valence electrons. The molecule has 0 saturated heterocycles. The first-order valence-corrected chi connectivity index (χ1v) is 8.63. The third kappa shape index (κ3) is 2.87. The molecule has 0 radical (unpaired) electrons. The summed E-state index contributed by atoms with van der Waals surface area (Å²) in [6.07, 6.45) is 1.48. The monoisotopic (exact) mass is 334 g/mol. The molecule has 2 N–H and O–H groups in total. The van der Waals surface area contributed by atoms with E-state index >= 15 is 0 Å². The lowest BCUT2D eigenvalue weighted by Crippen LogP contribution is -2.39. The van der Waals surface area contributed by atoms with Crippen molar-refractivity contribution in [1.82, 2.24) is 9.97 Å². The van der Waals surface area contributed by atoms with Gasteiger partial charge in [0.1, 0.15) is 5.75 Å². The summed E-state index contributed by atoms with van der Waals surface area (Å²) in [5.74, 6) is 0.537. The van der Waals surface area contributed by atoms with Crippen LogP contribution in [-0.2, 0) is 0 Å². The van der Waals surface area contributed by atoms with Gasteiger partial charge in [0, 0.05) is 22.6 Å². The number of phenols is 1. The van der Waals surface area contributed by atoms with Gasteiger partial charge in [-0.15, -0.1) is 0 Å². The zero-order valence-electron chi connectivity index (χ0n) is 14.7. The lowest BCUT2D eigenvalue weighted by molar-refractivity contribution is -0.0322. The molecule has 0 atom stereocenters. The Hall–Kier alpha value is -2.46. The molecule has 0 spiro atoms. The van der Waals surface area contributed by atoms with E-state index in [4.69, 9.17) is 9.97 Å². The van der Waals surface area contributed by atoms with Gasteiger partial charge in [0.05, 0.1) is 11.3 Å². The van der Waals surface area contributed by atoms with Gasteiger partial charge in [-0.1, -0.05) is 6.07 Å². The Morgan fingerprint density at radius 3 is 2.44 bits per heavy atom. The molecule has 0 amide bonds. The second-order valence-corrected chi connectivity index (χ2v) is 7.56. The number of aromatic nitrogens is 2. The van der Waals surface area contributed by atoms with Crippen LogP contribution < -0.4 is 0 Å². The fourth-order valence-electron chi connectivity index (χ4n) is 3.87. The summed E-state index contributed by atoms with van der Waals surface area (Å²) in [5.41, 5.74) is 4.60. The molecule has 4 nitrogen and oxygen atoms in total. The first-order valence-electron chi connectivity index (χ1n) is 8.63. The van der Waals surface area contributed by atoms with Gasteiger partial charge in [0.2, 0.25) is 0 Å². The van der Waals surface area contributed by atoms with Crippen LogP contribution in [0.5, 0.6) is 5.75 Å². The van der Waals surface area contributed by atoms with E-state index in [9.17, 15) is 10.2 Å². The van der Waals surface area contributed by atoms with Crippen LogP contribution in [0.1, 0.15) is 42.5 Å². The molecule has 2 aromatic heterocycles. The second kappa shape index (κ2) is 5.53. The topological polar surface area (TPSA) is 66.2 Å². The predicted molar refractivity (Wildman–Crippen MR) is 98.7 cm³/mol. The fourth-order valence-corrected chi connectivity index (χ4v) is 3.87. The van der Waals surface area contributed by atoms with Crippen LogP contribution >= 0.6 is 0 Å². The molecule has 3 aromatic rings. The van der Waals surface area contributed by atoms with Crippen LogP contribution in [0.4, 0.5) is 0 Å². The predicted octanol–water partition coefficient (Wildman–Crippen LogP) is 4.25. The van der Waals surface area contributed by atoms with Crippen LogP contribution in [0, 0.1) is 13.8 Å².